The van der Waals surface area contributed by atoms with E-state index in [1.54, 1.807) is 24.6 Å². The van der Waals surface area contributed by atoms with Crippen LogP contribution >= 0.6 is 0 Å². The predicted octanol–water partition coefficient (Wildman–Crippen LogP) is 0.409. The number of hydrogen-bond acceptors (Lipinski definition) is 7. The van der Waals surface area contributed by atoms with Crippen LogP contribution in [0.2, 0.25) is 0 Å². The van der Waals surface area contributed by atoms with E-state index in [4.69, 9.17) is 9.72 Å². The molecular formula is C22H26N6O4. The van der Waals surface area contributed by atoms with Crippen LogP contribution in [0, 0.1) is 0 Å². The van der Waals surface area contributed by atoms with E-state index >= 15 is 0 Å². The van der Waals surface area contributed by atoms with E-state index in [0.29, 0.717) is 41.5 Å². The largest absolute Gasteiger partial charge is 0.463 e. The SMILES string of the molecule is CCOC(=O)/C=C/c1ccccc1-n1c(N2CCNCC2)nc2c1c(=O)n(C)c(=O)n2C. The van der Waals surface area contributed by atoms with Gasteiger partial charge in [-0.1, -0.05) is 18.2 Å². The maximum atomic E-state index is 13.2. The molecule has 0 saturated carbocycles. The standard InChI is InChI=1S/C22H26N6O4/c1-4-32-17(29)10-9-15-7-5-6-8-16(15)28-18-19(25(2)22(31)26(3)20(18)30)24-21(28)27-13-11-23-12-14-27/h5-10,23H,4,11-14H2,1-3H3/b10-9+. The number of esters is 1. The molecule has 1 aliphatic heterocycles. The normalized spacial score (nSPS) is 14.4. The Morgan fingerprint density at radius 3 is 2.59 bits per heavy atom. The molecule has 168 valence electrons. The zero-order chi connectivity index (χ0) is 22.8. The average molecular weight is 438 g/mol. The molecule has 1 N–H and O–H groups in total. The minimum Gasteiger partial charge on any atom is -0.463 e. The van der Waals surface area contributed by atoms with Gasteiger partial charge in [0.05, 0.1) is 12.3 Å². The Morgan fingerprint density at radius 2 is 1.88 bits per heavy atom. The first-order valence-corrected chi connectivity index (χ1v) is 10.5. The molecule has 3 aromatic rings. The molecule has 1 aliphatic rings. The first-order chi connectivity index (χ1) is 15.4. The number of hydrogen-bond donors (Lipinski definition) is 1. The van der Waals surface area contributed by atoms with Crippen molar-refractivity contribution >= 4 is 29.2 Å². The van der Waals surface area contributed by atoms with Crippen molar-refractivity contribution in [3.8, 4) is 5.69 Å². The molecule has 2 aromatic heterocycles. The fourth-order valence-corrected chi connectivity index (χ4v) is 3.87. The molecular weight excluding hydrogens is 412 g/mol. The third kappa shape index (κ3) is 3.73. The van der Waals surface area contributed by atoms with Gasteiger partial charge in [-0.3, -0.25) is 18.5 Å². The molecule has 1 saturated heterocycles. The number of aryl methyl sites for hydroxylation is 1. The van der Waals surface area contributed by atoms with Crippen LogP contribution in [0.1, 0.15) is 12.5 Å². The summed E-state index contributed by atoms with van der Waals surface area (Å²) in [5.41, 5.74) is 1.15. The molecule has 0 spiro atoms. The van der Waals surface area contributed by atoms with Crippen LogP contribution < -0.4 is 21.5 Å². The van der Waals surface area contributed by atoms with Crippen molar-refractivity contribution in [3.05, 3.63) is 56.7 Å². The Labute approximate surface area is 184 Å². The minimum atomic E-state index is -0.446. The average Bonchev–Trinajstić information content (AvgIpc) is 3.21. The van der Waals surface area contributed by atoms with Crippen LogP contribution in [0.4, 0.5) is 5.95 Å². The van der Waals surface area contributed by atoms with E-state index in [-0.39, 0.29) is 6.61 Å². The summed E-state index contributed by atoms with van der Waals surface area (Å²) >= 11 is 0. The second kappa shape index (κ2) is 8.83. The Kier molecular flexibility index (Phi) is 5.95. The number of carbonyl (C=O) groups is 1. The number of carbonyl (C=O) groups excluding carboxylic acids is 1. The fourth-order valence-electron chi connectivity index (χ4n) is 3.87. The number of piperazine rings is 1. The number of fused-ring (bicyclic) bond motifs is 1. The number of para-hydroxylation sites is 1. The highest BCUT2D eigenvalue weighted by molar-refractivity contribution is 5.88. The van der Waals surface area contributed by atoms with Gasteiger partial charge in [0.1, 0.15) is 0 Å². The summed E-state index contributed by atoms with van der Waals surface area (Å²) in [5.74, 6) is 0.134. The molecule has 0 unspecified atom stereocenters. The van der Waals surface area contributed by atoms with Gasteiger partial charge in [-0.25, -0.2) is 9.59 Å². The monoisotopic (exact) mass is 438 g/mol. The van der Waals surface area contributed by atoms with Gasteiger partial charge in [0, 0.05) is 46.4 Å². The highest BCUT2D eigenvalue weighted by Crippen LogP contribution is 2.28. The molecule has 0 atom stereocenters. The van der Waals surface area contributed by atoms with Crippen LogP contribution in [0.3, 0.4) is 0 Å². The van der Waals surface area contributed by atoms with Gasteiger partial charge >= 0.3 is 11.7 Å². The van der Waals surface area contributed by atoms with Gasteiger partial charge in [0.2, 0.25) is 5.95 Å². The fraction of sp³-hybridized carbons (Fsp3) is 0.364. The first kappa shape index (κ1) is 21.6. The topological polar surface area (TPSA) is 103 Å². The Hall–Kier alpha value is -3.66. The van der Waals surface area contributed by atoms with Gasteiger partial charge in [-0.2, -0.15) is 4.98 Å². The third-order valence-electron chi connectivity index (χ3n) is 5.50. The Balaban J connectivity index is 2.01. The van der Waals surface area contributed by atoms with E-state index in [1.807, 2.05) is 24.3 Å². The highest BCUT2D eigenvalue weighted by atomic mass is 16.5. The van der Waals surface area contributed by atoms with Crippen LogP contribution in [0.15, 0.2) is 39.9 Å². The number of imidazole rings is 1. The zero-order valence-electron chi connectivity index (χ0n) is 18.4. The van der Waals surface area contributed by atoms with E-state index in [1.165, 1.54) is 17.7 Å². The second-order valence-corrected chi connectivity index (χ2v) is 7.51. The van der Waals surface area contributed by atoms with Crippen molar-refractivity contribution in [1.29, 1.82) is 0 Å². The van der Waals surface area contributed by atoms with Crippen molar-refractivity contribution in [3.63, 3.8) is 0 Å². The molecule has 0 aliphatic carbocycles. The molecule has 1 fully saturated rings. The van der Waals surface area contributed by atoms with Crippen LogP contribution in [-0.4, -0.2) is 57.4 Å². The molecule has 0 bridgehead atoms. The van der Waals surface area contributed by atoms with Crippen molar-refractivity contribution in [2.24, 2.45) is 14.1 Å². The zero-order valence-corrected chi connectivity index (χ0v) is 18.4. The summed E-state index contributed by atoms with van der Waals surface area (Å²) in [5, 5.41) is 3.31. The molecule has 0 radical (unpaired) electrons. The number of nitrogens with zero attached hydrogens (tertiary/aromatic N) is 5. The molecule has 4 rings (SSSR count). The van der Waals surface area contributed by atoms with Crippen LogP contribution in [-0.2, 0) is 23.6 Å². The van der Waals surface area contributed by atoms with E-state index < -0.39 is 17.2 Å². The van der Waals surface area contributed by atoms with Gasteiger partial charge in [0.25, 0.3) is 5.56 Å². The van der Waals surface area contributed by atoms with Gasteiger partial charge < -0.3 is 15.0 Å². The number of nitrogens with one attached hydrogen (secondary N) is 1. The van der Waals surface area contributed by atoms with Crippen molar-refractivity contribution in [1.82, 2.24) is 24.0 Å². The smallest absolute Gasteiger partial charge is 0.332 e. The number of aromatic nitrogens is 4. The Bertz CT molecular complexity index is 1310. The maximum absolute atomic E-state index is 13.2. The highest BCUT2D eigenvalue weighted by Gasteiger charge is 2.25. The van der Waals surface area contributed by atoms with E-state index in [0.717, 1.165) is 17.7 Å². The van der Waals surface area contributed by atoms with Crippen molar-refractivity contribution in [2.75, 3.05) is 37.7 Å². The number of benzene rings is 1. The lowest BCUT2D eigenvalue weighted by atomic mass is 10.1. The third-order valence-corrected chi connectivity index (χ3v) is 5.50. The molecule has 3 heterocycles. The minimum absolute atomic E-state index is 0.286. The lowest BCUT2D eigenvalue weighted by Crippen LogP contribution is -2.44. The summed E-state index contributed by atoms with van der Waals surface area (Å²) in [6.45, 7) is 5.01. The van der Waals surface area contributed by atoms with Crippen LogP contribution in [0.5, 0.6) is 0 Å². The van der Waals surface area contributed by atoms with Gasteiger partial charge in [0.15, 0.2) is 11.2 Å². The maximum Gasteiger partial charge on any atom is 0.332 e. The summed E-state index contributed by atoms with van der Waals surface area (Å²) in [6, 6.07) is 7.43. The number of anilines is 1. The lowest BCUT2D eigenvalue weighted by Gasteiger charge is -2.29. The van der Waals surface area contributed by atoms with Crippen molar-refractivity contribution in [2.45, 2.75) is 6.92 Å². The summed E-state index contributed by atoms with van der Waals surface area (Å²) in [6.07, 6.45) is 3.02. The van der Waals surface area contributed by atoms with E-state index in [2.05, 4.69) is 10.2 Å². The van der Waals surface area contributed by atoms with Crippen LogP contribution in [0.25, 0.3) is 22.9 Å². The van der Waals surface area contributed by atoms with E-state index in [9.17, 15) is 14.4 Å². The molecule has 10 nitrogen and oxygen atoms in total. The number of ether oxygens (including phenoxy) is 1. The van der Waals surface area contributed by atoms with Gasteiger partial charge in [-0.15, -0.1) is 0 Å². The molecule has 32 heavy (non-hydrogen) atoms. The lowest BCUT2D eigenvalue weighted by molar-refractivity contribution is -0.137. The van der Waals surface area contributed by atoms with Crippen molar-refractivity contribution < 1.29 is 9.53 Å². The quantitative estimate of drug-likeness (QED) is 0.455. The summed E-state index contributed by atoms with van der Waals surface area (Å²) in [7, 11) is 3.06. The molecule has 10 heteroatoms. The Morgan fingerprint density at radius 1 is 1.16 bits per heavy atom. The molecule has 1 aromatic carbocycles. The summed E-state index contributed by atoms with van der Waals surface area (Å²) in [4.78, 5) is 44.5. The molecule has 0 amide bonds. The van der Waals surface area contributed by atoms with Gasteiger partial charge in [-0.05, 0) is 24.6 Å². The summed E-state index contributed by atoms with van der Waals surface area (Å²) < 4.78 is 9.25. The predicted molar refractivity (Wildman–Crippen MR) is 122 cm³/mol. The number of rotatable bonds is 5. The first-order valence-electron chi connectivity index (χ1n) is 10.5. The second-order valence-electron chi connectivity index (χ2n) is 7.51.